The molecule has 3 aromatic rings. The zero-order valence-electron chi connectivity index (χ0n) is 12.9. The molecule has 0 aliphatic carbocycles. The molecule has 6 nitrogen and oxygen atoms in total. The van der Waals surface area contributed by atoms with Crippen LogP contribution in [0.5, 0.6) is 0 Å². The van der Waals surface area contributed by atoms with Gasteiger partial charge in [-0.05, 0) is 35.9 Å². The molecule has 0 atom stereocenters. The highest BCUT2D eigenvalue weighted by atomic mass is 32.2. The van der Waals surface area contributed by atoms with Gasteiger partial charge in [0.1, 0.15) is 10.7 Å². The standard InChI is InChI=1S/C17H13FN4O2S/c18-15-7-12(9-19)4-5-16(15)22-25(23,24)17-11-20-10-13(17)8-14-3-1-2-6-21-14/h1-7,10-11,20,22H,8H2. The summed E-state index contributed by atoms with van der Waals surface area (Å²) in [4.78, 5) is 6.95. The lowest BCUT2D eigenvalue weighted by atomic mass is 10.2. The number of nitrogens with one attached hydrogen (secondary N) is 2. The number of anilines is 1. The molecule has 0 amide bonds. The number of pyridine rings is 1. The molecule has 126 valence electrons. The molecule has 2 N–H and O–H groups in total. The average molecular weight is 356 g/mol. The molecule has 0 aliphatic heterocycles. The molecule has 1 aromatic carbocycles. The Balaban J connectivity index is 1.89. The summed E-state index contributed by atoms with van der Waals surface area (Å²) in [6, 6.07) is 10.7. The minimum absolute atomic E-state index is 0.0157. The number of aromatic nitrogens is 2. The Morgan fingerprint density at radius 2 is 2.08 bits per heavy atom. The van der Waals surface area contributed by atoms with Gasteiger partial charge in [-0.15, -0.1) is 0 Å². The molecule has 0 bridgehead atoms. The van der Waals surface area contributed by atoms with E-state index in [0.717, 1.165) is 6.07 Å². The van der Waals surface area contributed by atoms with Crippen molar-refractivity contribution in [3.63, 3.8) is 0 Å². The van der Waals surface area contributed by atoms with Crippen molar-refractivity contribution >= 4 is 15.7 Å². The van der Waals surface area contributed by atoms with Crippen LogP contribution in [0.4, 0.5) is 10.1 Å². The van der Waals surface area contributed by atoms with Crippen molar-refractivity contribution < 1.29 is 12.8 Å². The first kappa shape index (κ1) is 16.7. The second-order valence-corrected chi connectivity index (χ2v) is 6.91. The molecule has 8 heteroatoms. The topological polar surface area (TPSA) is 98.6 Å². The van der Waals surface area contributed by atoms with Crippen LogP contribution in [-0.2, 0) is 16.4 Å². The van der Waals surface area contributed by atoms with Crippen molar-refractivity contribution in [2.75, 3.05) is 4.72 Å². The number of hydrogen-bond acceptors (Lipinski definition) is 4. The van der Waals surface area contributed by atoms with E-state index in [-0.39, 0.29) is 16.1 Å². The van der Waals surface area contributed by atoms with E-state index in [1.54, 1.807) is 30.6 Å². The monoisotopic (exact) mass is 356 g/mol. The van der Waals surface area contributed by atoms with Gasteiger partial charge in [0.25, 0.3) is 10.0 Å². The number of halogens is 1. The van der Waals surface area contributed by atoms with Crippen LogP contribution in [0.2, 0.25) is 0 Å². The normalized spacial score (nSPS) is 11.0. The van der Waals surface area contributed by atoms with E-state index in [0.29, 0.717) is 17.7 Å². The quantitative estimate of drug-likeness (QED) is 0.734. The maximum atomic E-state index is 14.0. The lowest BCUT2D eigenvalue weighted by Crippen LogP contribution is -2.15. The van der Waals surface area contributed by atoms with Gasteiger partial charge in [-0.3, -0.25) is 9.71 Å². The van der Waals surface area contributed by atoms with Gasteiger partial charge in [-0.25, -0.2) is 12.8 Å². The summed E-state index contributed by atoms with van der Waals surface area (Å²) >= 11 is 0. The predicted molar refractivity (Wildman–Crippen MR) is 89.8 cm³/mol. The first-order chi connectivity index (χ1) is 12.0. The second-order valence-electron chi connectivity index (χ2n) is 5.25. The van der Waals surface area contributed by atoms with E-state index in [1.165, 1.54) is 18.3 Å². The summed E-state index contributed by atoms with van der Waals surface area (Å²) in [6.45, 7) is 0. The number of rotatable bonds is 5. The third kappa shape index (κ3) is 3.67. The van der Waals surface area contributed by atoms with E-state index in [4.69, 9.17) is 5.26 Å². The molecule has 0 fully saturated rings. The maximum Gasteiger partial charge on any atom is 0.263 e. The Kier molecular flexibility index (Phi) is 4.50. The van der Waals surface area contributed by atoms with Crippen molar-refractivity contribution in [2.24, 2.45) is 0 Å². The molecule has 0 saturated heterocycles. The molecule has 2 aromatic heterocycles. The average Bonchev–Trinajstić information content (AvgIpc) is 3.06. The molecular weight excluding hydrogens is 343 g/mol. The largest absolute Gasteiger partial charge is 0.366 e. The smallest absolute Gasteiger partial charge is 0.263 e. The lowest BCUT2D eigenvalue weighted by molar-refractivity contribution is 0.598. The van der Waals surface area contributed by atoms with Gasteiger partial charge in [0.15, 0.2) is 0 Å². The number of benzene rings is 1. The van der Waals surface area contributed by atoms with Crippen LogP contribution in [-0.4, -0.2) is 18.4 Å². The van der Waals surface area contributed by atoms with Gasteiger partial charge in [-0.2, -0.15) is 5.26 Å². The van der Waals surface area contributed by atoms with Crippen LogP contribution >= 0.6 is 0 Å². The van der Waals surface area contributed by atoms with E-state index in [9.17, 15) is 12.8 Å². The number of nitrogens with zero attached hydrogens (tertiary/aromatic N) is 2. The predicted octanol–water partition coefficient (Wildman–Crippen LogP) is 2.81. The zero-order valence-corrected chi connectivity index (χ0v) is 13.7. The molecule has 3 rings (SSSR count). The van der Waals surface area contributed by atoms with Crippen LogP contribution in [0.3, 0.4) is 0 Å². The number of hydrogen-bond donors (Lipinski definition) is 2. The third-order valence-electron chi connectivity index (χ3n) is 3.52. The van der Waals surface area contributed by atoms with Crippen molar-refractivity contribution in [3.05, 3.63) is 77.6 Å². The summed E-state index contributed by atoms with van der Waals surface area (Å²) in [5, 5.41) is 8.75. The summed E-state index contributed by atoms with van der Waals surface area (Å²) in [6.07, 6.45) is 4.84. The molecule has 2 heterocycles. The van der Waals surface area contributed by atoms with Gasteiger partial charge < -0.3 is 4.98 Å². The van der Waals surface area contributed by atoms with E-state index >= 15 is 0 Å². The Morgan fingerprint density at radius 1 is 1.24 bits per heavy atom. The Hall–Kier alpha value is -3.18. The van der Waals surface area contributed by atoms with Crippen LogP contribution in [0.15, 0.2) is 59.9 Å². The second kappa shape index (κ2) is 6.75. The summed E-state index contributed by atoms with van der Waals surface area (Å²) in [7, 11) is -3.99. The van der Waals surface area contributed by atoms with Crippen LogP contribution < -0.4 is 4.72 Å². The fourth-order valence-corrected chi connectivity index (χ4v) is 3.60. The number of H-pyrrole nitrogens is 1. The summed E-state index contributed by atoms with van der Waals surface area (Å²) in [5.74, 6) is -0.815. The SMILES string of the molecule is N#Cc1ccc(NS(=O)(=O)c2c[nH]cc2Cc2ccccn2)c(F)c1. The van der Waals surface area contributed by atoms with Gasteiger partial charge in [-0.1, -0.05) is 6.07 Å². The first-order valence-electron chi connectivity index (χ1n) is 7.27. The summed E-state index contributed by atoms with van der Waals surface area (Å²) in [5.41, 5.74) is 1.12. The molecule has 25 heavy (non-hydrogen) atoms. The van der Waals surface area contributed by atoms with E-state index < -0.39 is 15.8 Å². The molecule has 0 aliphatic rings. The minimum atomic E-state index is -3.99. The van der Waals surface area contributed by atoms with Gasteiger partial charge >= 0.3 is 0 Å². The molecule has 0 radical (unpaired) electrons. The maximum absolute atomic E-state index is 14.0. The Labute approximate surface area is 144 Å². The van der Waals surface area contributed by atoms with Crippen molar-refractivity contribution in [3.8, 4) is 6.07 Å². The minimum Gasteiger partial charge on any atom is -0.366 e. The highest BCUT2D eigenvalue weighted by Crippen LogP contribution is 2.23. The lowest BCUT2D eigenvalue weighted by Gasteiger charge is -2.10. The molecular formula is C17H13FN4O2S. The van der Waals surface area contributed by atoms with Crippen LogP contribution in [0.1, 0.15) is 16.8 Å². The number of nitriles is 1. The van der Waals surface area contributed by atoms with Crippen molar-refractivity contribution in [1.82, 2.24) is 9.97 Å². The van der Waals surface area contributed by atoms with Crippen LogP contribution in [0, 0.1) is 17.1 Å². The molecule has 0 saturated carbocycles. The highest BCUT2D eigenvalue weighted by Gasteiger charge is 2.21. The Bertz CT molecular complexity index is 1040. The van der Waals surface area contributed by atoms with Crippen molar-refractivity contribution in [1.29, 1.82) is 5.26 Å². The molecule has 0 unspecified atom stereocenters. The van der Waals surface area contributed by atoms with Crippen LogP contribution in [0.25, 0.3) is 0 Å². The number of sulfonamides is 1. The zero-order chi connectivity index (χ0) is 17.9. The Morgan fingerprint density at radius 3 is 2.76 bits per heavy atom. The van der Waals surface area contributed by atoms with Gasteiger partial charge in [0.2, 0.25) is 0 Å². The van der Waals surface area contributed by atoms with Crippen molar-refractivity contribution in [2.45, 2.75) is 11.3 Å². The fourth-order valence-electron chi connectivity index (χ4n) is 2.34. The van der Waals surface area contributed by atoms with Gasteiger partial charge in [0.05, 0.1) is 17.3 Å². The molecule has 0 spiro atoms. The summed E-state index contributed by atoms with van der Waals surface area (Å²) < 4.78 is 41.4. The number of aromatic amines is 1. The highest BCUT2D eigenvalue weighted by molar-refractivity contribution is 7.92. The fraction of sp³-hybridized carbons (Fsp3) is 0.0588. The third-order valence-corrected chi connectivity index (χ3v) is 4.97. The van der Waals surface area contributed by atoms with E-state index in [1.807, 2.05) is 6.07 Å². The van der Waals surface area contributed by atoms with E-state index in [2.05, 4.69) is 14.7 Å². The van der Waals surface area contributed by atoms with Gasteiger partial charge in [0, 0.05) is 30.7 Å². The first-order valence-corrected chi connectivity index (χ1v) is 8.76.